The Labute approximate surface area is 90.5 Å². The maximum absolute atomic E-state index is 9.05. The summed E-state index contributed by atoms with van der Waals surface area (Å²) >= 11 is 0. The fourth-order valence-electron chi connectivity index (χ4n) is 2.05. The van der Waals surface area contributed by atoms with Crippen molar-refractivity contribution in [2.24, 2.45) is 0 Å². The maximum Gasteiger partial charge on any atom is 0.488 e. The van der Waals surface area contributed by atoms with E-state index in [2.05, 4.69) is 4.90 Å². The average molecular weight is 205 g/mol. The van der Waals surface area contributed by atoms with Gasteiger partial charge in [0.15, 0.2) is 0 Å². The molecule has 4 heteroatoms. The third-order valence-electron chi connectivity index (χ3n) is 2.85. The van der Waals surface area contributed by atoms with E-state index in [1.165, 1.54) is 12.8 Å². The minimum Gasteiger partial charge on any atom is -0.423 e. The van der Waals surface area contributed by atoms with Gasteiger partial charge in [-0.05, 0) is 37.0 Å². The van der Waals surface area contributed by atoms with Crippen LogP contribution in [0.15, 0.2) is 24.3 Å². The molecule has 0 amide bonds. The Hall–Kier alpha value is -0.835. The third kappa shape index (κ3) is 2.81. The van der Waals surface area contributed by atoms with Crippen LogP contribution in [0.4, 0.5) is 0 Å². The second-order valence-electron chi connectivity index (χ2n) is 4.10. The van der Waals surface area contributed by atoms with Gasteiger partial charge in [-0.2, -0.15) is 0 Å². The predicted octanol–water partition coefficient (Wildman–Crippen LogP) is -0.0378. The predicted molar refractivity (Wildman–Crippen MR) is 60.8 cm³/mol. The summed E-state index contributed by atoms with van der Waals surface area (Å²) in [5.74, 6) is 0. The molecular formula is C11H16BNO2. The number of likely N-dealkylation sites (tertiary alicyclic amines) is 1. The van der Waals surface area contributed by atoms with Crippen LogP contribution in [-0.2, 0) is 6.54 Å². The van der Waals surface area contributed by atoms with E-state index in [0.29, 0.717) is 5.46 Å². The molecule has 1 aromatic rings. The molecule has 0 bridgehead atoms. The van der Waals surface area contributed by atoms with Gasteiger partial charge in [-0.15, -0.1) is 0 Å². The zero-order valence-electron chi connectivity index (χ0n) is 8.76. The minimum absolute atomic E-state index is 0.576. The summed E-state index contributed by atoms with van der Waals surface area (Å²) in [6.07, 6.45) is 2.56. The fourth-order valence-corrected chi connectivity index (χ4v) is 2.05. The number of hydrogen-bond acceptors (Lipinski definition) is 3. The molecule has 1 aromatic carbocycles. The van der Waals surface area contributed by atoms with E-state index in [9.17, 15) is 0 Å². The standard InChI is InChI=1S/C11H16BNO2/c14-12(15)11-5-3-4-10(8-11)9-13-6-1-2-7-13/h3-5,8,14-15H,1-2,6-7,9H2. The molecule has 0 aliphatic carbocycles. The van der Waals surface area contributed by atoms with Crippen molar-refractivity contribution in [1.82, 2.24) is 4.90 Å². The Bertz CT molecular complexity index is 324. The summed E-state index contributed by atoms with van der Waals surface area (Å²) in [5, 5.41) is 18.1. The normalized spacial score (nSPS) is 16.9. The van der Waals surface area contributed by atoms with Crippen LogP contribution in [0.3, 0.4) is 0 Å². The van der Waals surface area contributed by atoms with Gasteiger partial charge < -0.3 is 10.0 Å². The van der Waals surface area contributed by atoms with Crippen molar-refractivity contribution in [3.05, 3.63) is 29.8 Å². The maximum atomic E-state index is 9.05. The largest absolute Gasteiger partial charge is 0.488 e. The first kappa shape index (κ1) is 10.7. The lowest BCUT2D eigenvalue weighted by Crippen LogP contribution is -2.30. The topological polar surface area (TPSA) is 43.7 Å². The van der Waals surface area contributed by atoms with E-state index in [0.717, 1.165) is 25.2 Å². The van der Waals surface area contributed by atoms with Gasteiger partial charge in [-0.3, -0.25) is 4.90 Å². The van der Waals surface area contributed by atoms with Crippen LogP contribution >= 0.6 is 0 Å². The Balaban J connectivity index is 2.04. The molecule has 15 heavy (non-hydrogen) atoms. The van der Waals surface area contributed by atoms with E-state index in [1.807, 2.05) is 18.2 Å². The van der Waals surface area contributed by atoms with Gasteiger partial charge in [0.05, 0.1) is 0 Å². The van der Waals surface area contributed by atoms with Crippen LogP contribution in [0.1, 0.15) is 18.4 Å². The minimum atomic E-state index is -1.36. The quantitative estimate of drug-likeness (QED) is 0.680. The smallest absolute Gasteiger partial charge is 0.423 e. The van der Waals surface area contributed by atoms with Crippen molar-refractivity contribution >= 4 is 12.6 Å². The molecule has 1 aliphatic rings. The summed E-state index contributed by atoms with van der Waals surface area (Å²) < 4.78 is 0. The second kappa shape index (κ2) is 4.79. The molecule has 2 N–H and O–H groups in total. The average Bonchev–Trinajstić information content (AvgIpc) is 2.71. The Morgan fingerprint density at radius 1 is 1.20 bits per heavy atom. The summed E-state index contributed by atoms with van der Waals surface area (Å²) in [5.41, 5.74) is 1.73. The van der Waals surface area contributed by atoms with Gasteiger partial charge in [0.25, 0.3) is 0 Å². The zero-order chi connectivity index (χ0) is 10.7. The Morgan fingerprint density at radius 3 is 2.60 bits per heavy atom. The van der Waals surface area contributed by atoms with E-state index in [-0.39, 0.29) is 0 Å². The molecule has 3 nitrogen and oxygen atoms in total. The third-order valence-corrected chi connectivity index (χ3v) is 2.85. The van der Waals surface area contributed by atoms with Crippen molar-refractivity contribution in [2.75, 3.05) is 13.1 Å². The van der Waals surface area contributed by atoms with Crippen molar-refractivity contribution in [3.8, 4) is 0 Å². The van der Waals surface area contributed by atoms with E-state index in [1.54, 1.807) is 6.07 Å². The first-order valence-corrected chi connectivity index (χ1v) is 5.43. The van der Waals surface area contributed by atoms with Crippen molar-refractivity contribution < 1.29 is 10.0 Å². The van der Waals surface area contributed by atoms with Crippen LogP contribution in [0.25, 0.3) is 0 Å². The SMILES string of the molecule is OB(O)c1cccc(CN2CCCC2)c1. The van der Waals surface area contributed by atoms with Crippen molar-refractivity contribution in [3.63, 3.8) is 0 Å². The second-order valence-corrected chi connectivity index (χ2v) is 4.10. The summed E-state index contributed by atoms with van der Waals surface area (Å²) in [6, 6.07) is 7.51. The summed E-state index contributed by atoms with van der Waals surface area (Å²) in [7, 11) is -1.36. The first-order chi connectivity index (χ1) is 7.25. The van der Waals surface area contributed by atoms with Crippen LogP contribution in [0.5, 0.6) is 0 Å². The first-order valence-electron chi connectivity index (χ1n) is 5.43. The molecule has 2 rings (SSSR count). The lowest BCUT2D eigenvalue weighted by Gasteiger charge is -2.14. The zero-order valence-corrected chi connectivity index (χ0v) is 8.76. The molecule has 0 unspecified atom stereocenters. The molecule has 0 spiro atoms. The van der Waals surface area contributed by atoms with E-state index in [4.69, 9.17) is 10.0 Å². The highest BCUT2D eigenvalue weighted by molar-refractivity contribution is 6.58. The molecule has 1 aliphatic heterocycles. The van der Waals surface area contributed by atoms with Crippen LogP contribution in [-0.4, -0.2) is 35.2 Å². The van der Waals surface area contributed by atoms with Gasteiger partial charge in [0.2, 0.25) is 0 Å². The summed E-state index contributed by atoms with van der Waals surface area (Å²) in [4.78, 5) is 2.39. The fraction of sp³-hybridized carbons (Fsp3) is 0.455. The highest BCUT2D eigenvalue weighted by atomic mass is 16.4. The molecular weight excluding hydrogens is 189 g/mol. The van der Waals surface area contributed by atoms with E-state index >= 15 is 0 Å². The molecule has 80 valence electrons. The van der Waals surface area contributed by atoms with Crippen LogP contribution in [0.2, 0.25) is 0 Å². The van der Waals surface area contributed by atoms with Crippen molar-refractivity contribution in [2.45, 2.75) is 19.4 Å². The highest BCUT2D eigenvalue weighted by Crippen LogP contribution is 2.11. The Morgan fingerprint density at radius 2 is 1.93 bits per heavy atom. The molecule has 0 radical (unpaired) electrons. The number of benzene rings is 1. The lowest BCUT2D eigenvalue weighted by molar-refractivity contribution is 0.331. The summed E-state index contributed by atoms with van der Waals surface area (Å²) in [6.45, 7) is 3.23. The van der Waals surface area contributed by atoms with Gasteiger partial charge >= 0.3 is 7.12 Å². The van der Waals surface area contributed by atoms with Gasteiger partial charge in [0.1, 0.15) is 0 Å². The Kier molecular flexibility index (Phi) is 3.41. The van der Waals surface area contributed by atoms with Crippen molar-refractivity contribution in [1.29, 1.82) is 0 Å². The van der Waals surface area contributed by atoms with Gasteiger partial charge in [0, 0.05) is 6.54 Å². The van der Waals surface area contributed by atoms with Crippen LogP contribution < -0.4 is 5.46 Å². The lowest BCUT2D eigenvalue weighted by atomic mass is 9.79. The molecule has 0 aromatic heterocycles. The highest BCUT2D eigenvalue weighted by Gasteiger charge is 2.14. The van der Waals surface area contributed by atoms with E-state index < -0.39 is 7.12 Å². The molecule has 1 saturated heterocycles. The molecule has 1 heterocycles. The molecule has 0 saturated carbocycles. The van der Waals surface area contributed by atoms with Gasteiger partial charge in [-0.25, -0.2) is 0 Å². The monoisotopic (exact) mass is 205 g/mol. The number of rotatable bonds is 3. The molecule has 1 fully saturated rings. The van der Waals surface area contributed by atoms with Gasteiger partial charge in [-0.1, -0.05) is 24.3 Å². The number of nitrogens with zero attached hydrogens (tertiary/aromatic N) is 1. The molecule has 0 atom stereocenters. The van der Waals surface area contributed by atoms with Crippen LogP contribution in [0, 0.1) is 0 Å². The number of hydrogen-bond donors (Lipinski definition) is 2.